The molecule has 0 saturated carbocycles. The number of phenolic OH excluding ortho intramolecular Hbond substituents is 1. The second kappa shape index (κ2) is 21.4. The highest BCUT2D eigenvalue weighted by atomic mass is 16.5. The molecule has 7 amide bonds. The molecule has 1 aromatic rings. The SMILES string of the molecule is COc1cc([C@H](O)[C@@H](O)[C@@H]2NC(=O)[C@@H]3C[C@@H](O)CN3C(=O)[C@H]([C@@H](C)O)NC(=O)[C@@H](NC(C)=O)C[C@@H](O)[C@@H](O)NC(=O)[C@@H]3[C@@H](O)[C@@H](C)CN3C(=O)[C@H]([C@H](O)CC(N)=O)CC2=O)ccc1O. The van der Waals surface area contributed by atoms with E-state index >= 15 is 0 Å². The number of primary amides is 1. The Hall–Kier alpha value is -5.54. The fourth-order valence-electron chi connectivity index (χ4n) is 8.01. The fraction of sp³-hybridized carbons (Fsp3) is 0.641. The number of phenols is 1. The molecule has 3 aliphatic heterocycles. The average molecular weight is 912 g/mol. The van der Waals surface area contributed by atoms with E-state index in [1.165, 1.54) is 14.0 Å². The average Bonchev–Trinajstić information content (AvgIpc) is 3.76. The number of nitrogens with one attached hydrogen (secondary N) is 4. The van der Waals surface area contributed by atoms with Crippen LogP contribution in [0.15, 0.2) is 18.2 Å². The van der Waals surface area contributed by atoms with E-state index in [0.717, 1.165) is 41.8 Å². The number of ether oxygens (including phenoxy) is 1. The first-order chi connectivity index (χ1) is 29.9. The van der Waals surface area contributed by atoms with Crippen LogP contribution >= 0.6 is 0 Å². The molecule has 3 aliphatic rings. The Morgan fingerprint density at radius 2 is 1.53 bits per heavy atom. The first-order valence-electron chi connectivity index (χ1n) is 20.3. The molecule has 25 nitrogen and oxygen atoms in total. The van der Waals surface area contributed by atoms with E-state index in [-0.39, 0.29) is 17.1 Å². The van der Waals surface area contributed by atoms with Crippen molar-refractivity contribution >= 4 is 47.1 Å². The van der Waals surface area contributed by atoms with Crippen molar-refractivity contribution in [3.05, 3.63) is 23.8 Å². The fourth-order valence-corrected chi connectivity index (χ4v) is 8.01. The number of hydrogen-bond acceptors (Lipinski definition) is 18. The van der Waals surface area contributed by atoms with Gasteiger partial charge in [-0.3, -0.25) is 38.4 Å². The molecular formula is C39H57N7O18. The topological polar surface area (TPSA) is 408 Å². The van der Waals surface area contributed by atoms with Crippen LogP contribution in [0.1, 0.15) is 58.1 Å². The summed E-state index contributed by atoms with van der Waals surface area (Å²) < 4.78 is 5.06. The number of rotatable bonds is 9. The van der Waals surface area contributed by atoms with Gasteiger partial charge in [0.25, 0.3) is 0 Å². The van der Waals surface area contributed by atoms with Crippen LogP contribution in [-0.4, -0.2) is 196 Å². The lowest BCUT2D eigenvalue weighted by Gasteiger charge is -2.34. The minimum atomic E-state index is -2.36. The predicted octanol–water partition coefficient (Wildman–Crippen LogP) is -7.17. The third kappa shape index (κ3) is 11.8. The molecule has 15 N–H and O–H groups in total. The number of aliphatic hydroxyl groups is 8. The quantitative estimate of drug-likeness (QED) is 0.109. The Morgan fingerprint density at radius 1 is 0.891 bits per heavy atom. The van der Waals surface area contributed by atoms with Gasteiger partial charge in [0.05, 0.1) is 43.9 Å². The lowest BCUT2D eigenvalue weighted by molar-refractivity contribution is -0.151. The number of benzene rings is 1. The number of amides is 7. The smallest absolute Gasteiger partial charge is 0.248 e. The van der Waals surface area contributed by atoms with Gasteiger partial charge in [0.1, 0.15) is 48.5 Å². The van der Waals surface area contributed by atoms with Crippen molar-refractivity contribution < 1.29 is 89.1 Å². The highest BCUT2D eigenvalue weighted by Gasteiger charge is 2.50. The zero-order valence-corrected chi connectivity index (χ0v) is 35.3. The molecule has 3 fully saturated rings. The van der Waals surface area contributed by atoms with E-state index in [9.17, 15) is 84.3 Å². The van der Waals surface area contributed by atoms with E-state index < -0.39 is 177 Å². The van der Waals surface area contributed by atoms with Crippen LogP contribution in [0.2, 0.25) is 0 Å². The van der Waals surface area contributed by atoms with Crippen LogP contribution in [-0.2, 0) is 38.4 Å². The Bertz CT molecular complexity index is 1940. The number of ketones is 1. The summed E-state index contributed by atoms with van der Waals surface area (Å²) in [5.41, 5.74) is 5.14. The van der Waals surface area contributed by atoms with E-state index in [1.54, 1.807) is 0 Å². The van der Waals surface area contributed by atoms with Crippen LogP contribution in [0.3, 0.4) is 0 Å². The molecular weight excluding hydrogens is 854 g/mol. The number of aliphatic hydroxyl groups excluding tert-OH is 8. The molecule has 0 spiro atoms. The first-order valence-corrected chi connectivity index (χ1v) is 20.3. The summed E-state index contributed by atoms with van der Waals surface area (Å²) in [4.78, 5) is 110. The maximum absolute atomic E-state index is 14.5. The van der Waals surface area contributed by atoms with Crippen LogP contribution in [0.5, 0.6) is 11.5 Å². The molecule has 64 heavy (non-hydrogen) atoms. The molecule has 3 saturated heterocycles. The van der Waals surface area contributed by atoms with Crippen molar-refractivity contribution in [2.45, 2.75) is 126 Å². The van der Waals surface area contributed by atoms with E-state index in [1.807, 2.05) is 5.32 Å². The number of aromatic hydroxyl groups is 1. The Labute approximate surface area is 365 Å². The summed E-state index contributed by atoms with van der Waals surface area (Å²) in [6, 6.07) is -6.32. The monoisotopic (exact) mass is 911 g/mol. The van der Waals surface area contributed by atoms with Gasteiger partial charge in [-0.1, -0.05) is 13.0 Å². The van der Waals surface area contributed by atoms with Gasteiger partial charge in [-0.2, -0.15) is 0 Å². The highest BCUT2D eigenvalue weighted by molar-refractivity contribution is 5.98. The van der Waals surface area contributed by atoms with E-state index in [2.05, 4.69) is 16.0 Å². The molecule has 0 bridgehead atoms. The van der Waals surface area contributed by atoms with Crippen molar-refractivity contribution in [2.24, 2.45) is 17.6 Å². The number of carbonyl (C=O) groups excluding carboxylic acids is 8. The number of hydrogen-bond donors (Lipinski definition) is 14. The lowest BCUT2D eigenvalue weighted by Crippen LogP contribution is -2.61. The number of methoxy groups -OCH3 is 1. The number of fused-ring (bicyclic) bond motifs is 2. The molecule has 4 rings (SSSR count). The molecule has 0 aliphatic carbocycles. The molecule has 356 valence electrons. The number of nitrogens with zero attached hydrogens (tertiary/aromatic N) is 2. The third-order valence-corrected chi connectivity index (χ3v) is 11.5. The summed E-state index contributed by atoms with van der Waals surface area (Å²) in [5, 5.41) is 108. The Kier molecular flexibility index (Phi) is 17.1. The standard InChI is InChI=1S/C39H57N7O18/c1-14-12-46-30(31(14)55)37(61)44-36(60)25(53)10-20(41-16(3)48)34(58)42-28(15(2)47)39(63)45-13-18(49)8-21(45)35(59)43-29(24(52)9-19(38(46)62)23(51)11-27(40)54)33(57)32(56)17-5-6-22(50)26(7-17)64-4/h5-7,14-15,18-21,23,25,28-33,36,47,49-51,53,55-57,60H,8-13H2,1-4H3,(H2,40,54)(H,41,48)(H,42,58)(H,43,59)(H,44,61)/t14-,15+,18+,19-,20-,21-,23+,25+,28-,29+,30-,31-,32-,33-,36+/m0/s1. The summed E-state index contributed by atoms with van der Waals surface area (Å²) in [6.45, 7) is 2.45. The number of Topliss-reactive ketones (excluding diaryl/α,β-unsaturated/α-hetero) is 1. The summed E-state index contributed by atoms with van der Waals surface area (Å²) in [7, 11) is 1.17. The molecule has 0 aromatic heterocycles. The normalized spacial score (nSPS) is 32.2. The third-order valence-electron chi connectivity index (χ3n) is 11.5. The van der Waals surface area contributed by atoms with Crippen LogP contribution in [0, 0.1) is 11.8 Å². The maximum atomic E-state index is 14.5. The van der Waals surface area contributed by atoms with Crippen LogP contribution in [0.4, 0.5) is 0 Å². The molecule has 0 radical (unpaired) electrons. The summed E-state index contributed by atoms with van der Waals surface area (Å²) in [5.74, 6) is -13.0. The van der Waals surface area contributed by atoms with Crippen LogP contribution in [0.25, 0.3) is 0 Å². The minimum Gasteiger partial charge on any atom is -0.504 e. The van der Waals surface area contributed by atoms with Crippen molar-refractivity contribution in [1.82, 2.24) is 31.1 Å². The zero-order chi connectivity index (χ0) is 48.1. The molecule has 3 heterocycles. The van der Waals surface area contributed by atoms with E-state index in [0.29, 0.717) is 0 Å². The number of nitrogens with two attached hydrogens (primary N) is 1. The van der Waals surface area contributed by atoms with Gasteiger partial charge in [0.2, 0.25) is 41.4 Å². The lowest BCUT2D eigenvalue weighted by atomic mass is 9.86. The molecule has 25 heteroatoms. The van der Waals surface area contributed by atoms with Gasteiger partial charge in [-0.15, -0.1) is 0 Å². The van der Waals surface area contributed by atoms with E-state index in [4.69, 9.17) is 10.5 Å². The highest BCUT2D eigenvalue weighted by Crippen LogP contribution is 2.33. The minimum absolute atomic E-state index is 0.185. The molecule has 0 unspecified atom stereocenters. The van der Waals surface area contributed by atoms with Crippen molar-refractivity contribution in [2.75, 3.05) is 20.2 Å². The Morgan fingerprint density at radius 3 is 2.12 bits per heavy atom. The van der Waals surface area contributed by atoms with Gasteiger partial charge in [-0.25, -0.2) is 0 Å². The van der Waals surface area contributed by atoms with Crippen LogP contribution < -0.4 is 31.7 Å². The van der Waals surface area contributed by atoms with Crippen molar-refractivity contribution in [3.63, 3.8) is 0 Å². The largest absolute Gasteiger partial charge is 0.504 e. The summed E-state index contributed by atoms with van der Waals surface area (Å²) in [6.07, 6.45) is -19.3. The predicted molar refractivity (Wildman–Crippen MR) is 213 cm³/mol. The van der Waals surface area contributed by atoms with Crippen molar-refractivity contribution in [1.29, 1.82) is 0 Å². The number of carbonyl (C=O) groups is 8. The zero-order valence-electron chi connectivity index (χ0n) is 35.3. The van der Waals surface area contributed by atoms with Gasteiger partial charge >= 0.3 is 0 Å². The second-order valence-electron chi connectivity index (χ2n) is 16.4. The van der Waals surface area contributed by atoms with Crippen molar-refractivity contribution in [3.8, 4) is 11.5 Å². The summed E-state index contributed by atoms with van der Waals surface area (Å²) >= 11 is 0. The maximum Gasteiger partial charge on any atom is 0.248 e. The van der Waals surface area contributed by atoms with Gasteiger partial charge in [0.15, 0.2) is 23.5 Å². The first kappa shape index (κ1) is 51.1. The Balaban J connectivity index is 1.89. The van der Waals surface area contributed by atoms with Gasteiger partial charge in [0, 0.05) is 45.2 Å². The van der Waals surface area contributed by atoms with Gasteiger partial charge < -0.3 is 87.5 Å². The molecule has 1 aromatic carbocycles. The second-order valence-corrected chi connectivity index (χ2v) is 16.4. The van der Waals surface area contributed by atoms with Gasteiger partial charge in [-0.05, 0) is 24.6 Å². The molecule has 15 atom stereocenters.